The Morgan fingerprint density at radius 3 is 2.15 bits per heavy atom. The summed E-state index contributed by atoms with van der Waals surface area (Å²) in [4.78, 5) is 1.97. The fourth-order valence-corrected chi connectivity index (χ4v) is 4.01. The number of hydrogen-bond donors (Lipinski definition) is 1. The lowest BCUT2D eigenvalue weighted by molar-refractivity contribution is -0.148. The highest BCUT2D eigenvalue weighted by atomic mass is 35.5. The summed E-state index contributed by atoms with van der Waals surface area (Å²) in [7, 11) is 0. The van der Waals surface area contributed by atoms with Crippen LogP contribution in [0.5, 0.6) is 0 Å². The van der Waals surface area contributed by atoms with Crippen molar-refractivity contribution >= 4 is 34.0 Å². The molecule has 4 rings (SSSR count). The van der Waals surface area contributed by atoms with Crippen LogP contribution in [-0.2, 0) is 0 Å². The van der Waals surface area contributed by atoms with E-state index in [-0.39, 0.29) is 12.4 Å². The third-order valence-electron chi connectivity index (χ3n) is 5.18. The molecule has 0 saturated carbocycles. The Hall–Kier alpha value is -1.82. The minimum atomic E-state index is -4.21. The van der Waals surface area contributed by atoms with Gasteiger partial charge in [0.2, 0.25) is 0 Å². The molecule has 0 aliphatic carbocycles. The van der Waals surface area contributed by atoms with Crippen molar-refractivity contribution in [2.75, 3.05) is 26.2 Å². The first kappa shape index (κ1) is 19.9. The Balaban J connectivity index is 0.00000210. The third kappa shape index (κ3) is 4.21. The van der Waals surface area contributed by atoms with Gasteiger partial charge in [-0.25, -0.2) is 0 Å². The van der Waals surface area contributed by atoms with E-state index < -0.39 is 18.6 Å². The molecule has 1 aliphatic rings. The first-order valence-electron chi connectivity index (χ1n) is 8.95. The number of rotatable bonds is 3. The SMILES string of the molecule is Cl.FC(F)(F)C[C@H](c1cc2ccccc2c2ccccc12)N1CCNCC1. The van der Waals surface area contributed by atoms with E-state index in [2.05, 4.69) is 5.32 Å². The first-order valence-corrected chi connectivity index (χ1v) is 8.95. The molecular weight excluding hydrogens is 373 g/mol. The molecule has 6 heteroatoms. The maximum Gasteiger partial charge on any atom is 0.390 e. The Labute approximate surface area is 162 Å². The minimum Gasteiger partial charge on any atom is -0.314 e. The average molecular weight is 395 g/mol. The molecule has 1 saturated heterocycles. The Kier molecular flexibility index (Phi) is 5.94. The van der Waals surface area contributed by atoms with Crippen molar-refractivity contribution in [2.45, 2.75) is 18.6 Å². The number of benzene rings is 3. The van der Waals surface area contributed by atoms with E-state index in [1.165, 1.54) is 0 Å². The molecular formula is C21H22ClF3N2. The highest BCUT2D eigenvalue weighted by molar-refractivity contribution is 6.09. The van der Waals surface area contributed by atoms with Gasteiger partial charge < -0.3 is 5.32 Å². The Morgan fingerprint density at radius 2 is 1.48 bits per heavy atom. The van der Waals surface area contributed by atoms with Crippen LogP contribution in [0.4, 0.5) is 13.2 Å². The molecule has 0 unspecified atom stereocenters. The molecule has 0 radical (unpaired) electrons. The number of alkyl halides is 3. The predicted octanol–water partition coefficient (Wildman–Crippen LogP) is 5.31. The highest BCUT2D eigenvalue weighted by Gasteiger charge is 2.36. The number of nitrogens with zero attached hydrogens (tertiary/aromatic N) is 1. The van der Waals surface area contributed by atoms with Gasteiger partial charge in [0.25, 0.3) is 0 Å². The number of halogens is 4. The van der Waals surface area contributed by atoms with Gasteiger partial charge in [0.05, 0.1) is 6.42 Å². The van der Waals surface area contributed by atoms with Gasteiger partial charge in [0, 0.05) is 32.2 Å². The summed E-state index contributed by atoms with van der Waals surface area (Å²) in [6.07, 6.45) is -5.03. The van der Waals surface area contributed by atoms with Gasteiger partial charge in [-0.2, -0.15) is 13.2 Å². The smallest absolute Gasteiger partial charge is 0.314 e. The molecule has 0 bridgehead atoms. The molecule has 1 N–H and O–H groups in total. The number of nitrogens with one attached hydrogen (secondary N) is 1. The Morgan fingerprint density at radius 1 is 0.889 bits per heavy atom. The fraction of sp³-hybridized carbons (Fsp3) is 0.333. The largest absolute Gasteiger partial charge is 0.390 e. The van der Waals surface area contributed by atoms with Gasteiger partial charge in [0.15, 0.2) is 0 Å². The van der Waals surface area contributed by atoms with Crippen molar-refractivity contribution in [3.8, 4) is 0 Å². The lowest BCUT2D eigenvalue weighted by Crippen LogP contribution is -2.46. The number of fused-ring (bicyclic) bond motifs is 3. The van der Waals surface area contributed by atoms with E-state index in [9.17, 15) is 13.2 Å². The third-order valence-corrected chi connectivity index (χ3v) is 5.18. The van der Waals surface area contributed by atoms with Gasteiger partial charge in [-0.3, -0.25) is 4.90 Å². The van der Waals surface area contributed by atoms with Crippen LogP contribution in [0.2, 0.25) is 0 Å². The van der Waals surface area contributed by atoms with E-state index in [0.29, 0.717) is 13.1 Å². The normalized spacial score (nSPS) is 17.0. The average Bonchev–Trinajstić information content (AvgIpc) is 2.66. The summed E-state index contributed by atoms with van der Waals surface area (Å²) in [5.41, 5.74) is 0.776. The summed E-state index contributed by atoms with van der Waals surface area (Å²) in [5, 5.41) is 7.23. The minimum absolute atomic E-state index is 0. The summed E-state index contributed by atoms with van der Waals surface area (Å²) >= 11 is 0. The van der Waals surface area contributed by atoms with Gasteiger partial charge in [-0.1, -0.05) is 48.5 Å². The van der Waals surface area contributed by atoms with Gasteiger partial charge in [-0.15, -0.1) is 12.4 Å². The molecule has 1 fully saturated rings. The number of piperazine rings is 1. The molecule has 0 amide bonds. The molecule has 1 aliphatic heterocycles. The van der Waals surface area contributed by atoms with Crippen molar-refractivity contribution in [1.82, 2.24) is 10.2 Å². The van der Waals surface area contributed by atoms with E-state index in [1.807, 2.05) is 59.5 Å². The van der Waals surface area contributed by atoms with Crippen LogP contribution in [0.25, 0.3) is 21.5 Å². The zero-order valence-electron chi connectivity index (χ0n) is 14.8. The topological polar surface area (TPSA) is 15.3 Å². The van der Waals surface area contributed by atoms with Crippen molar-refractivity contribution in [1.29, 1.82) is 0 Å². The van der Waals surface area contributed by atoms with Crippen LogP contribution in [-0.4, -0.2) is 37.3 Å². The fourth-order valence-electron chi connectivity index (χ4n) is 4.01. The quantitative estimate of drug-likeness (QED) is 0.605. The maximum absolute atomic E-state index is 13.4. The summed E-state index contributed by atoms with van der Waals surface area (Å²) in [6.45, 7) is 2.70. The second kappa shape index (κ2) is 8.05. The molecule has 144 valence electrons. The van der Waals surface area contributed by atoms with E-state index in [4.69, 9.17) is 0 Å². The van der Waals surface area contributed by atoms with E-state index >= 15 is 0 Å². The van der Waals surface area contributed by atoms with Gasteiger partial charge >= 0.3 is 6.18 Å². The van der Waals surface area contributed by atoms with Crippen molar-refractivity contribution in [2.24, 2.45) is 0 Å². The molecule has 27 heavy (non-hydrogen) atoms. The standard InChI is InChI=1S/C21H21F3N2.ClH/c22-21(23,24)14-20(26-11-9-25-10-12-26)19-13-15-5-1-2-6-16(15)17-7-3-4-8-18(17)19;/h1-8,13,20,25H,9-12,14H2;1H/t20-;/m1./s1. The summed E-state index contributed by atoms with van der Waals surface area (Å²) < 4.78 is 40.3. The van der Waals surface area contributed by atoms with Crippen LogP contribution in [0.3, 0.4) is 0 Å². The van der Waals surface area contributed by atoms with E-state index in [0.717, 1.165) is 40.2 Å². The second-order valence-electron chi connectivity index (χ2n) is 6.85. The molecule has 1 heterocycles. The van der Waals surface area contributed by atoms with Crippen molar-refractivity contribution in [3.05, 3.63) is 60.2 Å². The lowest BCUT2D eigenvalue weighted by atomic mass is 9.91. The van der Waals surface area contributed by atoms with Crippen LogP contribution in [0.1, 0.15) is 18.0 Å². The second-order valence-corrected chi connectivity index (χ2v) is 6.85. The Bertz CT molecular complexity index is 920. The van der Waals surface area contributed by atoms with Crippen LogP contribution in [0.15, 0.2) is 54.6 Å². The first-order chi connectivity index (χ1) is 12.5. The van der Waals surface area contributed by atoms with Crippen LogP contribution >= 0.6 is 12.4 Å². The van der Waals surface area contributed by atoms with Crippen molar-refractivity contribution in [3.63, 3.8) is 0 Å². The van der Waals surface area contributed by atoms with Gasteiger partial charge in [0.1, 0.15) is 0 Å². The summed E-state index contributed by atoms with van der Waals surface area (Å²) in [5.74, 6) is 0. The molecule has 3 aromatic rings. The van der Waals surface area contributed by atoms with Crippen LogP contribution < -0.4 is 5.32 Å². The van der Waals surface area contributed by atoms with Gasteiger partial charge in [-0.05, 0) is 33.2 Å². The monoisotopic (exact) mass is 394 g/mol. The maximum atomic E-state index is 13.4. The zero-order chi connectivity index (χ0) is 18.1. The molecule has 0 spiro atoms. The van der Waals surface area contributed by atoms with Crippen LogP contribution in [0, 0.1) is 0 Å². The van der Waals surface area contributed by atoms with E-state index in [1.54, 1.807) is 0 Å². The highest BCUT2D eigenvalue weighted by Crippen LogP contribution is 2.39. The molecule has 1 atom stereocenters. The number of hydrogen-bond acceptors (Lipinski definition) is 2. The van der Waals surface area contributed by atoms with Crippen molar-refractivity contribution < 1.29 is 13.2 Å². The predicted molar refractivity (Wildman–Crippen MR) is 107 cm³/mol. The summed E-state index contributed by atoms with van der Waals surface area (Å²) in [6, 6.07) is 17.0. The zero-order valence-corrected chi connectivity index (χ0v) is 15.6. The molecule has 3 aromatic carbocycles. The lowest BCUT2D eigenvalue weighted by Gasteiger charge is -2.36. The molecule has 0 aromatic heterocycles. The molecule has 2 nitrogen and oxygen atoms in total.